The molecule has 3 atom stereocenters. The number of piperazine rings is 1. The third kappa shape index (κ3) is 3.88. The molecule has 174 valence electrons. The van der Waals surface area contributed by atoms with Gasteiger partial charge in [-0.2, -0.15) is 10.4 Å². The van der Waals surface area contributed by atoms with Gasteiger partial charge in [0.25, 0.3) is 0 Å². The Balaban J connectivity index is 1.07. The number of amides is 1. The largest absolute Gasteiger partial charge is 0.371 e. The Morgan fingerprint density at radius 1 is 1.12 bits per heavy atom. The molecule has 3 unspecified atom stereocenters. The van der Waals surface area contributed by atoms with Gasteiger partial charge in [-0.25, -0.2) is 14.5 Å². The maximum absolute atomic E-state index is 13.1. The van der Waals surface area contributed by atoms with Crippen LogP contribution in [0.2, 0.25) is 0 Å². The van der Waals surface area contributed by atoms with Gasteiger partial charge in [0.15, 0.2) is 5.65 Å². The summed E-state index contributed by atoms with van der Waals surface area (Å²) in [5.74, 6) is 1.53. The lowest BCUT2D eigenvalue weighted by molar-refractivity contribution is -0.134. The van der Waals surface area contributed by atoms with Crippen LogP contribution in [0.4, 0.5) is 5.82 Å². The zero-order valence-corrected chi connectivity index (χ0v) is 19.0. The number of nitrogens with zero attached hydrogens (tertiary/aromatic N) is 7. The number of rotatable bonds is 7. The Kier molecular flexibility index (Phi) is 5.38. The first-order valence-corrected chi connectivity index (χ1v) is 12.0. The lowest BCUT2D eigenvalue weighted by Crippen LogP contribution is -2.55. The van der Waals surface area contributed by atoms with Crippen molar-refractivity contribution in [3.05, 3.63) is 54.1 Å². The van der Waals surface area contributed by atoms with E-state index in [1.165, 1.54) is 0 Å². The van der Waals surface area contributed by atoms with E-state index in [0.717, 1.165) is 42.8 Å². The molecule has 6 rings (SSSR count). The van der Waals surface area contributed by atoms with Crippen molar-refractivity contribution in [1.82, 2.24) is 24.5 Å². The van der Waals surface area contributed by atoms with Gasteiger partial charge in [0.2, 0.25) is 5.91 Å². The van der Waals surface area contributed by atoms with E-state index in [9.17, 15) is 4.79 Å². The van der Waals surface area contributed by atoms with Crippen molar-refractivity contribution in [2.24, 2.45) is 5.92 Å². The Morgan fingerprint density at radius 3 is 2.65 bits per heavy atom. The monoisotopic (exact) mass is 457 g/mol. The SMILES string of the molecule is N#Cc1ccc(N2C3CCC2CN(C(=O)CCOC(c2cccc4ncnn24)C2CC2)C3)nc1. The lowest BCUT2D eigenvalue weighted by atomic mass is 10.1. The second-order valence-electron chi connectivity index (χ2n) is 9.47. The summed E-state index contributed by atoms with van der Waals surface area (Å²) in [6, 6.07) is 12.4. The second-order valence-corrected chi connectivity index (χ2v) is 9.47. The van der Waals surface area contributed by atoms with Crippen molar-refractivity contribution in [1.29, 1.82) is 5.26 Å². The molecule has 9 nitrogen and oxygen atoms in total. The summed E-state index contributed by atoms with van der Waals surface area (Å²) in [7, 11) is 0. The number of ether oxygens (including phenoxy) is 1. The number of likely N-dealkylation sites (tertiary alicyclic amines) is 1. The minimum atomic E-state index is -0.0614. The molecule has 9 heteroatoms. The zero-order valence-electron chi connectivity index (χ0n) is 19.0. The highest BCUT2D eigenvalue weighted by atomic mass is 16.5. The Morgan fingerprint density at radius 2 is 1.94 bits per heavy atom. The fraction of sp³-hybridized carbons (Fsp3) is 0.480. The molecule has 0 aromatic carbocycles. The van der Waals surface area contributed by atoms with Gasteiger partial charge in [-0.15, -0.1) is 0 Å². The van der Waals surface area contributed by atoms with E-state index in [4.69, 9.17) is 10.00 Å². The van der Waals surface area contributed by atoms with Crippen molar-refractivity contribution in [2.75, 3.05) is 24.6 Å². The van der Waals surface area contributed by atoms with E-state index in [1.807, 2.05) is 39.7 Å². The molecule has 1 amide bonds. The summed E-state index contributed by atoms with van der Waals surface area (Å²) in [6.45, 7) is 1.82. The third-order valence-corrected chi connectivity index (χ3v) is 7.26. The number of fused-ring (bicyclic) bond motifs is 3. The molecule has 3 aromatic heterocycles. The summed E-state index contributed by atoms with van der Waals surface area (Å²) < 4.78 is 8.14. The van der Waals surface area contributed by atoms with Gasteiger partial charge in [-0.1, -0.05) is 6.07 Å². The topological polar surface area (TPSA) is 99.7 Å². The molecule has 0 spiro atoms. The molecule has 3 aliphatic rings. The molecule has 3 fully saturated rings. The normalized spacial score (nSPS) is 22.7. The first kappa shape index (κ1) is 21.1. The fourth-order valence-electron chi connectivity index (χ4n) is 5.46. The first-order chi connectivity index (χ1) is 16.7. The zero-order chi connectivity index (χ0) is 23.1. The highest BCUT2D eigenvalue weighted by molar-refractivity contribution is 5.77. The molecule has 0 radical (unpaired) electrons. The summed E-state index contributed by atoms with van der Waals surface area (Å²) in [5.41, 5.74) is 2.38. The van der Waals surface area contributed by atoms with Gasteiger partial charge in [0, 0.05) is 31.4 Å². The number of hydrogen-bond acceptors (Lipinski definition) is 7. The molecule has 5 heterocycles. The smallest absolute Gasteiger partial charge is 0.225 e. The van der Waals surface area contributed by atoms with E-state index < -0.39 is 0 Å². The van der Waals surface area contributed by atoms with Gasteiger partial charge < -0.3 is 14.5 Å². The molecule has 0 N–H and O–H groups in total. The van der Waals surface area contributed by atoms with Gasteiger partial charge >= 0.3 is 0 Å². The van der Waals surface area contributed by atoms with Crippen LogP contribution in [0.3, 0.4) is 0 Å². The van der Waals surface area contributed by atoms with Crippen LogP contribution in [0.1, 0.15) is 49.5 Å². The quantitative estimate of drug-likeness (QED) is 0.538. The molecule has 34 heavy (non-hydrogen) atoms. The fourth-order valence-corrected chi connectivity index (χ4v) is 5.46. The number of pyridine rings is 2. The summed E-state index contributed by atoms with van der Waals surface area (Å²) in [6.07, 6.45) is 7.89. The van der Waals surface area contributed by atoms with E-state index in [1.54, 1.807) is 12.5 Å². The van der Waals surface area contributed by atoms with Crippen LogP contribution in [-0.4, -0.2) is 62.2 Å². The van der Waals surface area contributed by atoms with Crippen molar-refractivity contribution >= 4 is 17.4 Å². The van der Waals surface area contributed by atoms with E-state index in [2.05, 4.69) is 26.0 Å². The molecule has 1 saturated carbocycles. The Bertz CT molecular complexity index is 1220. The standard InChI is InChI=1S/C25H27N7O2/c26-12-17-4-9-22(27-13-17)31-19-7-8-20(31)15-30(14-19)24(33)10-11-34-25(18-5-6-18)21-2-1-3-23-28-16-29-32(21)23/h1-4,9,13,16,18-20,25H,5-8,10-11,14-15H2. The van der Waals surface area contributed by atoms with Gasteiger partial charge in [0.05, 0.1) is 24.3 Å². The highest BCUT2D eigenvalue weighted by Gasteiger charge is 2.42. The summed E-state index contributed by atoms with van der Waals surface area (Å²) in [5, 5.41) is 13.4. The van der Waals surface area contributed by atoms with Crippen LogP contribution < -0.4 is 4.90 Å². The van der Waals surface area contributed by atoms with Crippen LogP contribution in [0.5, 0.6) is 0 Å². The highest BCUT2D eigenvalue weighted by Crippen LogP contribution is 2.43. The first-order valence-electron chi connectivity index (χ1n) is 12.0. The molecule has 1 aliphatic carbocycles. The Hall–Kier alpha value is -3.51. The lowest BCUT2D eigenvalue weighted by Gasteiger charge is -2.41. The number of aromatic nitrogens is 4. The molecule has 3 aromatic rings. The predicted molar refractivity (Wildman–Crippen MR) is 124 cm³/mol. The van der Waals surface area contributed by atoms with Gasteiger partial charge in [0.1, 0.15) is 24.3 Å². The van der Waals surface area contributed by atoms with Crippen molar-refractivity contribution in [3.63, 3.8) is 0 Å². The summed E-state index contributed by atoms with van der Waals surface area (Å²) in [4.78, 5) is 26.2. The molecule has 2 aliphatic heterocycles. The second kappa shape index (κ2) is 8.69. The number of carbonyl (C=O) groups excluding carboxylic acids is 1. The molecular weight excluding hydrogens is 430 g/mol. The third-order valence-electron chi connectivity index (χ3n) is 7.26. The van der Waals surface area contributed by atoms with E-state index >= 15 is 0 Å². The van der Waals surface area contributed by atoms with Gasteiger partial charge in [-0.05, 0) is 55.9 Å². The number of carbonyl (C=O) groups is 1. The number of hydrogen-bond donors (Lipinski definition) is 0. The van der Waals surface area contributed by atoms with Crippen molar-refractivity contribution in [2.45, 2.75) is 50.3 Å². The van der Waals surface area contributed by atoms with Crippen molar-refractivity contribution in [3.8, 4) is 6.07 Å². The van der Waals surface area contributed by atoms with Crippen LogP contribution in [0.25, 0.3) is 5.65 Å². The van der Waals surface area contributed by atoms with Crippen LogP contribution in [-0.2, 0) is 9.53 Å². The average Bonchev–Trinajstić information content (AvgIpc) is 3.53. The molecule has 2 saturated heterocycles. The number of anilines is 1. The number of nitriles is 1. The molecular formula is C25H27N7O2. The van der Waals surface area contributed by atoms with Crippen LogP contribution >= 0.6 is 0 Å². The summed E-state index contributed by atoms with van der Waals surface area (Å²) >= 11 is 0. The van der Waals surface area contributed by atoms with Crippen LogP contribution in [0, 0.1) is 17.2 Å². The predicted octanol–water partition coefficient (Wildman–Crippen LogP) is 2.73. The van der Waals surface area contributed by atoms with Crippen LogP contribution in [0.15, 0.2) is 42.9 Å². The molecule has 2 bridgehead atoms. The average molecular weight is 458 g/mol. The maximum atomic E-state index is 13.1. The van der Waals surface area contributed by atoms with E-state index in [-0.39, 0.29) is 24.1 Å². The van der Waals surface area contributed by atoms with Gasteiger partial charge in [-0.3, -0.25) is 4.79 Å². The van der Waals surface area contributed by atoms with Crippen molar-refractivity contribution < 1.29 is 9.53 Å². The minimum absolute atomic E-state index is 0.0614. The van der Waals surface area contributed by atoms with E-state index in [0.29, 0.717) is 37.6 Å². The minimum Gasteiger partial charge on any atom is -0.371 e. The Labute approximate surface area is 198 Å². The maximum Gasteiger partial charge on any atom is 0.225 e.